The number of benzene rings is 1. The van der Waals surface area contributed by atoms with Gasteiger partial charge in [0.25, 0.3) is 0 Å². The van der Waals surface area contributed by atoms with Crippen molar-refractivity contribution in [2.45, 2.75) is 20.0 Å². The zero-order valence-corrected chi connectivity index (χ0v) is 12.4. The minimum atomic E-state index is 0.771. The maximum Gasteiger partial charge on any atom is 0.121 e. The van der Waals surface area contributed by atoms with Crippen LogP contribution in [0.5, 0.6) is 0 Å². The molecule has 2 aromatic heterocycles. The molecule has 5 heteroatoms. The van der Waals surface area contributed by atoms with E-state index in [0.29, 0.717) is 0 Å². The third-order valence-electron chi connectivity index (χ3n) is 3.62. The van der Waals surface area contributed by atoms with Crippen molar-refractivity contribution in [3.8, 4) is 0 Å². The van der Waals surface area contributed by atoms with Crippen molar-refractivity contribution in [1.82, 2.24) is 24.6 Å². The molecular formula is C16H19N5. The summed E-state index contributed by atoms with van der Waals surface area (Å²) in [6.07, 6.45) is 3.62. The highest BCUT2D eigenvalue weighted by molar-refractivity contribution is 5.74. The Bertz CT molecular complexity index is 735. The summed E-state index contributed by atoms with van der Waals surface area (Å²) < 4.78 is 1.80. The van der Waals surface area contributed by atoms with Crippen LogP contribution in [0, 0.1) is 6.92 Å². The number of aromatic nitrogens is 4. The molecule has 0 spiro atoms. The Morgan fingerprint density at radius 1 is 1.33 bits per heavy atom. The van der Waals surface area contributed by atoms with Crippen LogP contribution in [0.4, 0.5) is 0 Å². The standard InChI is InChI=1S/C16H19N5/c1-4-21-12(2)13(9-17-21)10-20(3)11-16-18-14-7-5-6-8-15(14)19-16/h4-9H,1,10-11H2,2-3H3,(H,18,19). The highest BCUT2D eigenvalue weighted by Gasteiger charge is 2.10. The molecule has 0 saturated carbocycles. The number of hydrogen-bond acceptors (Lipinski definition) is 3. The first-order valence-electron chi connectivity index (χ1n) is 6.95. The van der Waals surface area contributed by atoms with Gasteiger partial charge in [0.05, 0.1) is 23.8 Å². The number of rotatable bonds is 5. The fourth-order valence-electron chi connectivity index (χ4n) is 2.48. The van der Waals surface area contributed by atoms with Crippen LogP contribution in [0.25, 0.3) is 17.2 Å². The second-order valence-electron chi connectivity index (χ2n) is 5.26. The molecule has 0 saturated heterocycles. The van der Waals surface area contributed by atoms with Gasteiger partial charge < -0.3 is 4.98 Å². The zero-order valence-electron chi connectivity index (χ0n) is 12.4. The Balaban J connectivity index is 1.72. The minimum absolute atomic E-state index is 0.771. The van der Waals surface area contributed by atoms with E-state index in [0.717, 1.165) is 35.6 Å². The average molecular weight is 281 g/mol. The summed E-state index contributed by atoms with van der Waals surface area (Å²) in [6.45, 7) is 7.40. The first-order valence-corrected chi connectivity index (χ1v) is 6.95. The lowest BCUT2D eigenvalue weighted by molar-refractivity contribution is 0.311. The predicted molar refractivity (Wildman–Crippen MR) is 84.6 cm³/mol. The second-order valence-corrected chi connectivity index (χ2v) is 5.26. The van der Waals surface area contributed by atoms with Gasteiger partial charge in [-0.25, -0.2) is 9.67 Å². The van der Waals surface area contributed by atoms with Gasteiger partial charge in [0, 0.05) is 24.0 Å². The van der Waals surface area contributed by atoms with Crippen molar-refractivity contribution < 1.29 is 0 Å². The van der Waals surface area contributed by atoms with Crippen LogP contribution in [0.1, 0.15) is 17.1 Å². The molecule has 5 nitrogen and oxygen atoms in total. The van der Waals surface area contributed by atoms with Crippen LogP contribution in [0.15, 0.2) is 37.0 Å². The summed E-state index contributed by atoms with van der Waals surface area (Å²) in [5.41, 5.74) is 4.42. The van der Waals surface area contributed by atoms with E-state index >= 15 is 0 Å². The maximum absolute atomic E-state index is 4.60. The lowest BCUT2D eigenvalue weighted by Crippen LogP contribution is -2.18. The monoisotopic (exact) mass is 281 g/mol. The summed E-state index contributed by atoms with van der Waals surface area (Å²) in [6, 6.07) is 8.09. The van der Waals surface area contributed by atoms with Crippen molar-refractivity contribution in [2.24, 2.45) is 0 Å². The Labute approximate surface area is 123 Å². The molecule has 1 N–H and O–H groups in total. The molecule has 0 aliphatic heterocycles. The summed E-state index contributed by atoms with van der Waals surface area (Å²) in [4.78, 5) is 10.2. The number of hydrogen-bond donors (Lipinski definition) is 1. The van der Waals surface area contributed by atoms with Gasteiger partial charge in [-0.15, -0.1) is 0 Å². The van der Waals surface area contributed by atoms with Crippen LogP contribution < -0.4 is 0 Å². The van der Waals surface area contributed by atoms with E-state index in [-0.39, 0.29) is 0 Å². The van der Waals surface area contributed by atoms with Gasteiger partial charge in [-0.1, -0.05) is 18.7 Å². The molecule has 0 bridgehead atoms. The number of nitrogens with one attached hydrogen (secondary N) is 1. The molecule has 0 radical (unpaired) electrons. The summed E-state index contributed by atoms with van der Waals surface area (Å²) in [5, 5.41) is 4.28. The van der Waals surface area contributed by atoms with E-state index in [1.807, 2.05) is 30.5 Å². The second kappa shape index (κ2) is 5.54. The topological polar surface area (TPSA) is 49.7 Å². The quantitative estimate of drug-likeness (QED) is 0.782. The molecule has 2 heterocycles. The first-order chi connectivity index (χ1) is 10.2. The van der Waals surface area contributed by atoms with Gasteiger partial charge >= 0.3 is 0 Å². The molecule has 0 amide bonds. The SMILES string of the molecule is C=Cn1ncc(CN(C)Cc2nc3ccccc3[nH]2)c1C. The highest BCUT2D eigenvalue weighted by Crippen LogP contribution is 2.14. The largest absolute Gasteiger partial charge is 0.341 e. The smallest absolute Gasteiger partial charge is 0.121 e. The molecule has 0 aliphatic rings. The zero-order chi connectivity index (χ0) is 14.8. The minimum Gasteiger partial charge on any atom is -0.341 e. The van der Waals surface area contributed by atoms with Gasteiger partial charge in [-0.3, -0.25) is 4.90 Å². The molecule has 1 aromatic carbocycles. The number of imidazole rings is 1. The molecule has 0 atom stereocenters. The molecule has 0 aliphatic carbocycles. The Morgan fingerprint density at radius 2 is 2.14 bits per heavy atom. The third kappa shape index (κ3) is 2.73. The third-order valence-corrected chi connectivity index (χ3v) is 3.62. The van der Waals surface area contributed by atoms with Gasteiger partial charge in [0.15, 0.2) is 0 Å². The first kappa shape index (κ1) is 13.6. The Hall–Kier alpha value is -2.40. The molecule has 0 fully saturated rings. The lowest BCUT2D eigenvalue weighted by Gasteiger charge is -2.14. The van der Waals surface area contributed by atoms with Crippen LogP contribution >= 0.6 is 0 Å². The number of H-pyrrole nitrogens is 1. The molecular weight excluding hydrogens is 262 g/mol. The van der Waals surface area contributed by atoms with Gasteiger partial charge in [0.2, 0.25) is 0 Å². The van der Waals surface area contributed by atoms with Crippen LogP contribution in [-0.4, -0.2) is 31.7 Å². The lowest BCUT2D eigenvalue weighted by atomic mass is 10.2. The van der Waals surface area contributed by atoms with E-state index in [1.54, 1.807) is 10.9 Å². The molecule has 3 aromatic rings. The van der Waals surface area contributed by atoms with Crippen LogP contribution in [-0.2, 0) is 13.1 Å². The average Bonchev–Trinajstić information content (AvgIpc) is 3.02. The van der Waals surface area contributed by atoms with E-state index in [4.69, 9.17) is 0 Å². The van der Waals surface area contributed by atoms with Gasteiger partial charge in [-0.2, -0.15) is 5.10 Å². The van der Waals surface area contributed by atoms with E-state index in [2.05, 4.69) is 40.5 Å². The van der Waals surface area contributed by atoms with Crippen molar-refractivity contribution in [2.75, 3.05) is 7.05 Å². The van der Waals surface area contributed by atoms with Crippen molar-refractivity contribution in [3.63, 3.8) is 0 Å². The number of fused-ring (bicyclic) bond motifs is 1. The molecule has 108 valence electrons. The van der Waals surface area contributed by atoms with Crippen molar-refractivity contribution in [3.05, 3.63) is 54.1 Å². The number of nitrogens with zero attached hydrogens (tertiary/aromatic N) is 4. The van der Waals surface area contributed by atoms with E-state index < -0.39 is 0 Å². The number of aromatic amines is 1. The summed E-state index contributed by atoms with van der Waals surface area (Å²) in [7, 11) is 2.08. The van der Waals surface area contributed by atoms with Crippen LogP contribution in [0.3, 0.4) is 0 Å². The molecule has 3 rings (SSSR count). The van der Waals surface area contributed by atoms with E-state index in [1.165, 1.54) is 5.56 Å². The van der Waals surface area contributed by atoms with E-state index in [9.17, 15) is 0 Å². The summed E-state index contributed by atoms with van der Waals surface area (Å²) in [5.74, 6) is 0.979. The summed E-state index contributed by atoms with van der Waals surface area (Å²) >= 11 is 0. The maximum atomic E-state index is 4.60. The normalized spacial score (nSPS) is 11.4. The Morgan fingerprint density at radius 3 is 2.86 bits per heavy atom. The van der Waals surface area contributed by atoms with Crippen molar-refractivity contribution >= 4 is 17.2 Å². The fourth-order valence-corrected chi connectivity index (χ4v) is 2.48. The number of para-hydroxylation sites is 2. The highest BCUT2D eigenvalue weighted by atomic mass is 15.3. The predicted octanol–water partition coefficient (Wildman–Crippen LogP) is 2.80. The molecule has 21 heavy (non-hydrogen) atoms. The molecule has 0 unspecified atom stereocenters. The fraction of sp³-hybridized carbons (Fsp3) is 0.250. The van der Waals surface area contributed by atoms with Crippen molar-refractivity contribution in [1.29, 1.82) is 0 Å². The Kier molecular flexibility index (Phi) is 3.58. The van der Waals surface area contributed by atoms with Crippen LogP contribution in [0.2, 0.25) is 0 Å². The van der Waals surface area contributed by atoms with Gasteiger partial charge in [-0.05, 0) is 26.1 Å². The van der Waals surface area contributed by atoms with Gasteiger partial charge in [0.1, 0.15) is 5.82 Å².